The lowest BCUT2D eigenvalue weighted by Gasteiger charge is -2.24. The Morgan fingerprint density at radius 3 is 1.58 bits per heavy atom. The number of phosphoric acid groups is 1. The van der Waals surface area contributed by atoms with Gasteiger partial charge < -0.3 is 18.9 Å². The molecule has 9 heteroatoms. The summed E-state index contributed by atoms with van der Waals surface area (Å²) in [6, 6.07) is 0. The maximum atomic E-state index is 12.6. The summed E-state index contributed by atoms with van der Waals surface area (Å²) in [5, 5.41) is 0. The summed E-state index contributed by atoms with van der Waals surface area (Å²) in [5.74, 6) is -0.325. The summed E-state index contributed by atoms with van der Waals surface area (Å²) in [7, 11) is 1.66. The standard InChI is InChI=1S/C41H80NO7P/c1-6-8-10-12-14-16-18-20-21-22-23-24-26-28-30-32-34-41(43)49-40(39-48-50(44,45)47-37-35-42(3,4)5)38-46-36-33-31-29-27-25-19-17-15-13-11-9-7-2/h13,15,21-22,40H,6-12,14,16-20,23-39H2,1-5H3/p+1/b15-13-,22-21-. The van der Waals surface area contributed by atoms with Crippen LogP contribution in [0, 0.1) is 0 Å². The highest BCUT2D eigenvalue weighted by molar-refractivity contribution is 7.47. The number of carbonyl (C=O) groups excluding carboxylic acids is 1. The van der Waals surface area contributed by atoms with E-state index in [1.54, 1.807) is 0 Å². The second kappa shape index (κ2) is 35.0. The zero-order chi connectivity index (χ0) is 37.0. The molecule has 0 aliphatic heterocycles. The van der Waals surface area contributed by atoms with Crippen molar-refractivity contribution in [3.63, 3.8) is 0 Å². The van der Waals surface area contributed by atoms with E-state index >= 15 is 0 Å². The number of rotatable bonds is 38. The first-order valence-corrected chi connectivity index (χ1v) is 22.1. The van der Waals surface area contributed by atoms with Gasteiger partial charge in [-0.05, 0) is 57.8 Å². The Labute approximate surface area is 309 Å². The van der Waals surface area contributed by atoms with Crippen LogP contribution in [-0.2, 0) is 27.9 Å². The Bertz CT molecular complexity index is 858. The zero-order valence-corrected chi connectivity index (χ0v) is 34.3. The molecule has 0 radical (unpaired) electrons. The molecule has 1 N–H and O–H groups in total. The van der Waals surface area contributed by atoms with Crippen molar-refractivity contribution < 1.29 is 37.3 Å². The Morgan fingerprint density at radius 1 is 0.600 bits per heavy atom. The van der Waals surface area contributed by atoms with Crippen molar-refractivity contribution in [3.8, 4) is 0 Å². The summed E-state index contributed by atoms with van der Waals surface area (Å²) < 4.78 is 34.9. The van der Waals surface area contributed by atoms with Gasteiger partial charge in [0.05, 0.1) is 34.4 Å². The molecule has 0 rings (SSSR count). The highest BCUT2D eigenvalue weighted by Gasteiger charge is 2.26. The molecule has 0 aromatic heterocycles. The first kappa shape index (κ1) is 49.0. The van der Waals surface area contributed by atoms with Crippen LogP contribution < -0.4 is 0 Å². The molecule has 2 unspecified atom stereocenters. The maximum absolute atomic E-state index is 12.6. The highest BCUT2D eigenvalue weighted by atomic mass is 31.2. The fraction of sp³-hybridized carbons (Fsp3) is 0.878. The second-order valence-electron chi connectivity index (χ2n) is 15.0. The number of nitrogens with zero attached hydrogens (tertiary/aromatic N) is 1. The van der Waals surface area contributed by atoms with E-state index in [-0.39, 0.29) is 25.8 Å². The number of likely N-dealkylation sites (N-methyl/N-ethyl adjacent to an activating group) is 1. The van der Waals surface area contributed by atoms with Gasteiger partial charge in [-0.1, -0.05) is 134 Å². The van der Waals surface area contributed by atoms with Crippen LogP contribution in [0.25, 0.3) is 0 Å². The first-order chi connectivity index (χ1) is 24.1. The predicted octanol–water partition coefficient (Wildman–Crippen LogP) is 11.7. The fourth-order valence-electron chi connectivity index (χ4n) is 5.47. The number of phosphoric ester groups is 1. The van der Waals surface area contributed by atoms with E-state index in [4.69, 9.17) is 18.5 Å². The average Bonchev–Trinajstić information content (AvgIpc) is 3.06. The summed E-state index contributed by atoms with van der Waals surface area (Å²) in [6.45, 7) is 5.57. The number of hydrogen-bond acceptors (Lipinski definition) is 6. The van der Waals surface area contributed by atoms with E-state index in [0.29, 0.717) is 24.1 Å². The number of esters is 1. The molecule has 0 amide bonds. The molecule has 8 nitrogen and oxygen atoms in total. The van der Waals surface area contributed by atoms with Gasteiger partial charge in [0.2, 0.25) is 0 Å². The predicted molar refractivity (Wildman–Crippen MR) is 210 cm³/mol. The number of quaternary nitrogens is 1. The Morgan fingerprint density at radius 2 is 1.06 bits per heavy atom. The Hall–Kier alpha value is -1.02. The van der Waals surface area contributed by atoms with E-state index in [1.165, 1.54) is 109 Å². The summed E-state index contributed by atoms with van der Waals surface area (Å²) >= 11 is 0. The lowest BCUT2D eigenvalue weighted by Crippen LogP contribution is -2.37. The SMILES string of the molecule is CCCC/C=C\CCCCCCCCOCC(COP(=O)(O)OCC[N+](C)(C)C)OC(=O)CCCCCCC/C=C\CCCCCCCCC. The van der Waals surface area contributed by atoms with E-state index in [2.05, 4.69) is 38.2 Å². The average molecular weight is 731 g/mol. The van der Waals surface area contributed by atoms with Crippen molar-refractivity contribution in [2.75, 3.05) is 54.1 Å². The van der Waals surface area contributed by atoms with Gasteiger partial charge in [0.25, 0.3) is 0 Å². The van der Waals surface area contributed by atoms with Crippen LogP contribution in [0.1, 0.15) is 174 Å². The van der Waals surface area contributed by atoms with Crippen molar-refractivity contribution in [2.24, 2.45) is 0 Å². The largest absolute Gasteiger partial charge is 0.472 e. The van der Waals surface area contributed by atoms with Crippen molar-refractivity contribution in [1.82, 2.24) is 0 Å². The highest BCUT2D eigenvalue weighted by Crippen LogP contribution is 2.43. The van der Waals surface area contributed by atoms with Crippen LogP contribution in [0.4, 0.5) is 0 Å². The molecule has 0 aromatic rings. The summed E-state index contributed by atoms with van der Waals surface area (Å²) in [6.07, 6.45) is 37.7. The van der Waals surface area contributed by atoms with Crippen LogP contribution in [0.5, 0.6) is 0 Å². The third-order valence-electron chi connectivity index (χ3n) is 8.74. The van der Waals surface area contributed by atoms with E-state index in [9.17, 15) is 14.3 Å². The van der Waals surface area contributed by atoms with Gasteiger partial charge in [-0.2, -0.15) is 0 Å². The van der Waals surface area contributed by atoms with Gasteiger partial charge in [-0.15, -0.1) is 0 Å². The van der Waals surface area contributed by atoms with Gasteiger partial charge in [0.15, 0.2) is 0 Å². The molecule has 0 saturated heterocycles. The number of hydrogen-bond donors (Lipinski definition) is 1. The fourth-order valence-corrected chi connectivity index (χ4v) is 6.21. The molecule has 0 heterocycles. The van der Waals surface area contributed by atoms with Gasteiger partial charge in [0.1, 0.15) is 19.3 Å². The van der Waals surface area contributed by atoms with Crippen molar-refractivity contribution >= 4 is 13.8 Å². The number of allylic oxidation sites excluding steroid dienone is 4. The maximum Gasteiger partial charge on any atom is 0.472 e. The molecule has 0 bridgehead atoms. The normalized spacial score (nSPS) is 14.1. The summed E-state index contributed by atoms with van der Waals surface area (Å²) in [4.78, 5) is 22.8. The first-order valence-electron chi connectivity index (χ1n) is 20.6. The topological polar surface area (TPSA) is 91.3 Å². The van der Waals surface area contributed by atoms with Crippen molar-refractivity contribution in [1.29, 1.82) is 0 Å². The van der Waals surface area contributed by atoms with E-state index in [1.807, 2.05) is 21.1 Å². The minimum atomic E-state index is -4.27. The van der Waals surface area contributed by atoms with Crippen LogP contribution in [0.3, 0.4) is 0 Å². The molecule has 2 atom stereocenters. The molecule has 0 saturated carbocycles. The minimum Gasteiger partial charge on any atom is -0.457 e. The molecule has 0 aromatic carbocycles. The van der Waals surface area contributed by atoms with Gasteiger partial charge in [-0.25, -0.2) is 4.57 Å². The van der Waals surface area contributed by atoms with Gasteiger partial charge >= 0.3 is 13.8 Å². The number of unbranched alkanes of at least 4 members (excludes halogenated alkanes) is 20. The van der Waals surface area contributed by atoms with Gasteiger partial charge in [-0.3, -0.25) is 13.8 Å². The minimum absolute atomic E-state index is 0.0867. The molecule has 0 fully saturated rings. The molecule has 50 heavy (non-hydrogen) atoms. The third-order valence-corrected chi connectivity index (χ3v) is 9.72. The Balaban J connectivity index is 4.27. The van der Waals surface area contributed by atoms with Crippen molar-refractivity contribution in [2.45, 2.75) is 180 Å². The van der Waals surface area contributed by atoms with E-state index in [0.717, 1.165) is 44.9 Å². The number of ether oxygens (including phenoxy) is 2. The molecule has 0 aliphatic rings. The molecule has 0 spiro atoms. The van der Waals surface area contributed by atoms with Crippen LogP contribution >= 0.6 is 7.82 Å². The smallest absolute Gasteiger partial charge is 0.457 e. The third kappa shape index (κ3) is 38.2. The molecular weight excluding hydrogens is 649 g/mol. The Kier molecular flexibility index (Phi) is 34.3. The van der Waals surface area contributed by atoms with Crippen LogP contribution in [-0.4, -0.2) is 75.6 Å². The zero-order valence-electron chi connectivity index (χ0n) is 33.4. The van der Waals surface area contributed by atoms with Gasteiger partial charge in [0, 0.05) is 13.0 Å². The monoisotopic (exact) mass is 731 g/mol. The van der Waals surface area contributed by atoms with Crippen LogP contribution in [0.15, 0.2) is 24.3 Å². The lowest BCUT2D eigenvalue weighted by atomic mass is 10.1. The molecule has 0 aliphatic carbocycles. The van der Waals surface area contributed by atoms with E-state index < -0.39 is 13.9 Å². The second-order valence-corrected chi connectivity index (χ2v) is 16.5. The lowest BCUT2D eigenvalue weighted by molar-refractivity contribution is -0.870. The summed E-state index contributed by atoms with van der Waals surface area (Å²) in [5.41, 5.74) is 0. The quantitative estimate of drug-likeness (QED) is 0.0222. The molecular formula is C41H81NO7P+. The number of carbonyl (C=O) groups is 1. The van der Waals surface area contributed by atoms with Crippen molar-refractivity contribution in [3.05, 3.63) is 24.3 Å². The molecule has 296 valence electrons. The van der Waals surface area contributed by atoms with Crippen LogP contribution in [0.2, 0.25) is 0 Å².